The SMILES string of the molecule is CC1Oc2ccc(C(=O)CCC(=O)Nc3ccc(Br)cn3)cc2N(C)C1=O. The second kappa shape index (κ2) is 7.87. The Morgan fingerprint density at radius 1 is 1.26 bits per heavy atom. The van der Waals surface area contributed by atoms with Crippen molar-refractivity contribution in [2.24, 2.45) is 0 Å². The summed E-state index contributed by atoms with van der Waals surface area (Å²) in [6.45, 7) is 1.68. The van der Waals surface area contributed by atoms with Gasteiger partial charge >= 0.3 is 0 Å². The minimum Gasteiger partial charge on any atom is -0.479 e. The molecule has 7 nitrogen and oxygen atoms in total. The number of nitrogens with zero attached hydrogens (tertiary/aromatic N) is 2. The molecule has 1 aliphatic rings. The average Bonchev–Trinajstić information content (AvgIpc) is 2.66. The van der Waals surface area contributed by atoms with Gasteiger partial charge in [0.15, 0.2) is 11.9 Å². The van der Waals surface area contributed by atoms with Crippen LogP contribution in [0.2, 0.25) is 0 Å². The average molecular weight is 432 g/mol. The van der Waals surface area contributed by atoms with Gasteiger partial charge in [-0.05, 0) is 53.2 Å². The third kappa shape index (κ3) is 4.33. The number of carbonyl (C=O) groups excluding carboxylic acids is 3. The van der Waals surface area contributed by atoms with Crippen molar-refractivity contribution >= 4 is 45.0 Å². The molecule has 3 rings (SSSR count). The van der Waals surface area contributed by atoms with Gasteiger partial charge in [0.1, 0.15) is 11.6 Å². The Morgan fingerprint density at radius 3 is 2.74 bits per heavy atom. The summed E-state index contributed by atoms with van der Waals surface area (Å²) >= 11 is 3.27. The second-order valence-corrected chi connectivity index (χ2v) is 7.09. The predicted octanol–water partition coefficient (Wildman–Crippen LogP) is 3.19. The van der Waals surface area contributed by atoms with Crippen molar-refractivity contribution in [3.05, 3.63) is 46.6 Å². The van der Waals surface area contributed by atoms with Crippen molar-refractivity contribution in [2.75, 3.05) is 17.3 Å². The summed E-state index contributed by atoms with van der Waals surface area (Å²) in [5, 5.41) is 2.65. The second-order valence-electron chi connectivity index (χ2n) is 6.17. The molecular formula is C19H18BrN3O4. The number of aromatic nitrogens is 1. The lowest BCUT2D eigenvalue weighted by Crippen LogP contribution is -2.42. The van der Waals surface area contributed by atoms with Crippen molar-refractivity contribution in [3.63, 3.8) is 0 Å². The predicted molar refractivity (Wildman–Crippen MR) is 104 cm³/mol. The molecule has 2 aromatic rings. The minimum absolute atomic E-state index is 0.0377. The highest BCUT2D eigenvalue weighted by Gasteiger charge is 2.29. The lowest BCUT2D eigenvalue weighted by atomic mass is 10.0. The summed E-state index contributed by atoms with van der Waals surface area (Å²) < 4.78 is 6.36. The molecule has 1 unspecified atom stereocenters. The maximum atomic E-state index is 12.4. The quantitative estimate of drug-likeness (QED) is 0.734. The number of ether oxygens (including phenoxy) is 1. The summed E-state index contributed by atoms with van der Waals surface area (Å²) in [7, 11) is 1.65. The molecule has 0 spiro atoms. The van der Waals surface area contributed by atoms with E-state index in [1.807, 2.05) is 0 Å². The number of amides is 2. The van der Waals surface area contributed by atoms with Crippen LogP contribution in [-0.2, 0) is 9.59 Å². The van der Waals surface area contributed by atoms with Crippen LogP contribution in [0.1, 0.15) is 30.1 Å². The third-order valence-corrected chi connectivity index (χ3v) is 4.67. The first-order valence-electron chi connectivity index (χ1n) is 8.38. The van der Waals surface area contributed by atoms with Gasteiger partial charge in [0.25, 0.3) is 5.91 Å². The standard InChI is InChI=1S/C19H18BrN3O4/c1-11-19(26)23(2)14-9-12(3-6-16(14)27-11)15(24)5-8-18(25)22-17-7-4-13(20)10-21-17/h3-4,6-7,9-11H,5,8H2,1-2H3,(H,21,22,25). The Balaban J connectivity index is 1.62. The van der Waals surface area contributed by atoms with E-state index in [2.05, 4.69) is 26.2 Å². The number of nitrogens with one attached hydrogen (secondary N) is 1. The van der Waals surface area contributed by atoms with E-state index in [0.717, 1.165) is 4.47 Å². The molecule has 2 heterocycles. The van der Waals surface area contributed by atoms with Gasteiger partial charge in [-0.3, -0.25) is 14.4 Å². The number of carbonyl (C=O) groups is 3. The fourth-order valence-corrected chi connectivity index (χ4v) is 2.95. The number of fused-ring (bicyclic) bond motifs is 1. The number of rotatable bonds is 5. The number of ketones is 1. The zero-order valence-corrected chi connectivity index (χ0v) is 16.4. The minimum atomic E-state index is -0.556. The Bertz CT molecular complexity index is 898. The number of benzene rings is 1. The van der Waals surface area contributed by atoms with Crippen LogP contribution in [0, 0.1) is 0 Å². The molecule has 140 valence electrons. The molecule has 1 aromatic carbocycles. The molecule has 2 amide bonds. The van der Waals surface area contributed by atoms with Crippen molar-refractivity contribution in [2.45, 2.75) is 25.9 Å². The van der Waals surface area contributed by atoms with Crippen molar-refractivity contribution in [1.29, 1.82) is 0 Å². The van der Waals surface area contributed by atoms with Crippen molar-refractivity contribution in [1.82, 2.24) is 4.98 Å². The number of Topliss-reactive ketones (excluding diaryl/α,β-unsaturated/α-hetero) is 1. The summed E-state index contributed by atoms with van der Waals surface area (Å²) in [5.41, 5.74) is 0.980. The molecule has 1 aromatic heterocycles. The number of hydrogen-bond donors (Lipinski definition) is 1. The highest BCUT2D eigenvalue weighted by Crippen LogP contribution is 2.34. The third-order valence-electron chi connectivity index (χ3n) is 4.20. The van der Waals surface area contributed by atoms with E-state index < -0.39 is 6.10 Å². The zero-order valence-electron chi connectivity index (χ0n) is 14.9. The summed E-state index contributed by atoms with van der Waals surface area (Å²) in [5.74, 6) is 0.335. The van der Waals surface area contributed by atoms with Crippen LogP contribution in [-0.4, -0.2) is 35.7 Å². The highest BCUT2D eigenvalue weighted by molar-refractivity contribution is 9.10. The number of halogens is 1. The molecule has 0 fully saturated rings. The molecule has 0 aliphatic carbocycles. The first-order chi connectivity index (χ1) is 12.8. The molecule has 0 bridgehead atoms. The van der Waals surface area contributed by atoms with E-state index in [0.29, 0.717) is 22.8 Å². The molecule has 27 heavy (non-hydrogen) atoms. The molecule has 0 saturated carbocycles. The fraction of sp³-hybridized carbons (Fsp3) is 0.263. The molecular weight excluding hydrogens is 414 g/mol. The van der Waals surface area contributed by atoms with Crippen LogP contribution in [0.25, 0.3) is 0 Å². The van der Waals surface area contributed by atoms with E-state index in [9.17, 15) is 14.4 Å². The monoisotopic (exact) mass is 431 g/mol. The van der Waals surface area contributed by atoms with Gasteiger partial charge in [0.2, 0.25) is 5.91 Å². The molecule has 0 radical (unpaired) electrons. The van der Waals surface area contributed by atoms with E-state index in [4.69, 9.17) is 4.74 Å². The summed E-state index contributed by atoms with van der Waals surface area (Å²) in [6.07, 6.45) is 1.11. The van der Waals surface area contributed by atoms with Crippen LogP contribution in [0.3, 0.4) is 0 Å². The topological polar surface area (TPSA) is 88.6 Å². The van der Waals surface area contributed by atoms with E-state index in [1.165, 1.54) is 4.90 Å². The van der Waals surface area contributed by atoms with Crippen LogP contribution in [0.5, 0.6) is 5.75 Å². The van der Waals surface area contributed by atoms with Crippen LogP contribution < -0.4 is 15.0 Å². The lowest BCUT2D eigenvalue weighted by molar-refractivity contribution is -0.125. The number of hydrogen-bond acceptors (Lipinski definition) is 5. The fourth-order valence-electron chi connectivity index (χ4n) is 2.71. The van der Waals surface area contributed by atoms with Gasteiger partial charge in [-0.2, -0.15) is 0 Å². The van der Waals surface area contributed by atoms with Gasteiger partial charge in [0, 0.05) is 36.1 Å². The van der Waals surface area contributed by atoms with Crippen LogP contribution in [0.15, 0.2) is 41.0 Å². The Kier molecular flexibility index (Phi) is 5.55. The Hall–Kier alpha value is -2.74. The normalized spacial score (nSPS) is 15.7. The zero-order chi connectivity index (χ0) is 19.6. The van der Waals surface area contributed by atoms with Crippen LogP contribution >= 0.6 is 15.9 Å². The maximum Gasteiger partial charge on any atom is 0.267 e. The van der Waals surface area contributed by atoms with E-state index in [-0.39, 0.29) is 30.4 Å². The van der Waals surface area contributed by atoms with Gasteiger partial charge < -0.3 is 15.0 Å². The van der Waals surface area contributed by atoms with Crippen LogP contribution in [0.4, 0.5) is 11.5 Å². The molecule has 0 saturated heterocycles. The van der Waals surface area contributed by atoms with Crippen molar-refractivity contribution < 1.29 is 19.1 Å². The number of anilines is 2. The first kappa shape index (κ1) is 19.0. The molecule has 8 heteroatoms. The maximum absolute atomic E-state index is 12.4. The van der Waals surface area contributed by atoms with Crippen molar-refractivity contribution in [3.8, 4) is 5.75 Å². The van der Waals surface area contributed by atoms with Gasteiger partial charge in [-0.25, -0.2) is 4.98 Å². The lowest BCUT2D eigenvalue weighted by Gasteiger charge is -2.30. The van der Waals surface area contributed by atoms with Gasteiger partial charge in [-0.1, -0.05) is 0 Å². The van der Waals surface area contributed by atoms with Gasteiger partial charge in [-0.15, -0.1) is 0 Å². The summed E-state index contributed by atoms with van der Waals surface area (Å²) in [6, 6.07) is 8.37. The highest BCUT2D eigenvalue weighted by atomic mass is 79.9. The molecule has 1 N–H and O–H groups in total. The summed E-state index contributed by atoms with van der Waals surface area (Å²) in [4.78, 5) is 42.0. The number of pyridine rings is 1. The smallest absolute Gasteiger partial charge is 0.267 e. The Morgan fingerprint density at radius 2 is 2.04 bits per heavy atom. The largest absolute Gasteiger partial charge is 0.479 e. The number of likely N-dealkylation sites (N-methyl/N-ethyl adjacent to an activating group) is 1. The van der Waals surface area contributed by atoms with E-state index >= 15 is 0 Å². The Labute approximate surface area is 164 Å². The van der Waals surface area contributed by atoms with Gasteiger partial charge in [0.05, 0.1) is 5.69 Å². The van der Waals surface area contributed by atoms with E-state index in [1.54, 1.807) is 50.5 Å². The molecule has 1 aliphatic heterocycles. The first-order valence-corrected chi connectivity index (χ1v) is 9.17. The molecule has 1 atom stereocenters.